The van der Waals surface area contributed by atoms with Gasteiger partial charge >= 0.3 is 0 Å². The Morgan fingerprint density at radius 2 is 2.31 bits per heavy atom. The van der Waals surface area contributed by atoms with Crippen molar-refractivity contribution in [2.24, 2.45) is 0 Å². The van der Waals surface area contributed by atoms with Gasteiger partial charge in [0.1, 0.15) is 11.4 Å². The fraction of sp³-hybridized carbons (Fsp3) is 0.250. The number of ether oxygens (including phenoxy) is 1. The summed E-state index contributed by atoms with van der Waals surface area (Å²) in [6, 6.07) is 1.10. The second-order valence-electron chi connectivity index (χ2n) is 2.27. The molecule has 0 bridgehead atoms. The molecule has 0 aliphatic heterocycles. The summed E-state index contributed by atoms with van der Waals surface area (Å²) in [6.45, 7) is 0. The van der Waals surface area contributed by atoms with Crippen molar-refractivity contribution in [2.75, 3.05) is 7.11 Å². The summed E-state index contributed by atoms with van der Waals surface area (Å²) in [7, 11) is 1.29. The van der Waals surface area contributed by atoms with Crippen LogP contribution in [0.3, 0.4) is 0 Å². The quantitative estimate of drug-likeness (QED) is 0.677. The van der Waals surface area contributed by atoms with E-state index in [2.05, 4.69) is 4.98 Å². The topological polar surface area (TPSA) is 39.2 Å². The Labute approximate surface area is 73.4 Å². The maximum atomic E-state index is 12.1. The molecular formula is C8H7F2NO2. The Kier molecular flexibility index (Phi) is 2.89. The van der Waals surface area contributed by atoms with Gasteiger partial charge in [-0.05, 0) is 6.07 Å². The van der Waals surface area contributed by atoms with Crippen LogP contribution in [0.25, 0.3) is 0 Å². The lowest BCUT2D eigenvalue weighted by molar-refractivity contribution is 0.111. The van der Waals surface area contributed by atoms with Crippen LogP contribution in [0.2, 0.25) is 0 Å². The highest BCUT2D eigenvalue weighted by atomic mass is 19.3. The monoisotopic (exact) mass is 187 g/mol. The predicted octanol–water partition coefficient (Wildman–Crippen LogP) is 1.84. The molecule has 0 aliphatic rings. The molecule has 0 amide bonds. The molecule has 0 aromatic carbocycles. The van der Waals surface area contributed by atoms with Gasteiger partial charge in [0, 0.05) is 11.8 Å². The standard InChI is InChI=1S/C8H7F2NO2/c1-13-7-2-5(8(9)10)3-11-6(7)4-12/h2-4,8H,1H3. The summed E-state index contributed by atoms with van der Waals surface area (Å²) in [4.78, 5) is 13.9. The van der Waals surface area contributed by atoms with Gasteiger partial charge in [-0.25, -0.2) is 13.8 Å². The van der Waals surface area contributed by atoms with Crippen LogP contribution in [0, 0.1) is 0 Å². The molecule has 13 heavy (non-hydrogen) atoms. The van der Waals surface area contributed by atoms with Crippen molar-refractivity contribution in [3.63, 3.8) is 0 Å². The lowest BCUT2D eigenvalue weighted by Gasteiger charge is -2.04. The molecule has 1 aromatic heterocycles. The second kappa shape index (κ2) is 3.93. The van der Waals surface area contributed by atoms with Crippen molar-refractivity contribution < 1.29 is 18.3 Å². The number of aldehydes is 1. The van der Waals surface area contributed by atoms with E-state index in [1.54, 1.807) is 0 Å². The zero-order valence-corrected chi connectivity index (χ0v) is 6.83. The number of halogens is 2. The maximum absolute atomic E-state index is 12.1. The van der Waals surface area contributed by atoms with E-state index >= 15 is 0 Å². The summed E-state index contributed by atoms with van der Waals surface area (Å²) >= 11 is 0. The van der Waals surface area contributed by atoms with Crippen LogP contribution in [-0.4, -0.2) is 18.4 Å². The number of aromatic nitrogens is 1. The number of carbonyl (C=O) groups excluding carboxylic acids is 1. The average molecular weight is 187 g/mol. The van der Waals surface area contributed by atoms with E-state index in [1.807, 2.05) is 0 Å². The molecule has 0 saturated carbocycles. The molecule has 0 fully saturated rings. The number of hydrogen-bond donors (Lipinski definition) is 0. The predicted molar refractivity (Wildman–Crippen MR) is 41.1 cm³/mol. The van der Waals surface area contributed by atoms with Crippen LogP contribution in [0.4, 0.5) is 8.78 Å². The van der Waals surface area contributed by atoms with Crippen LogP contribution < -0.4 is 4.74 Å². The summed E-state index contributed by atoms with van der Waals surface area (Å²) in [5.41, 5.74) is -0.241. The van der Waals surface area contributed by atoms with Gasteiger partial charge < -0.3 is 4.74 Å². The molecular weight excluding hydrogens is 180 g/mol. The zero-order valence-electron chi connectivity index (χ0n) is 6.83. The maximum Gasteiger partial charge on any atom is 0.265 e. The van der Waals surface area contributed by atoms with E-state index in [9.17, 15) is 13.6 Å². The molecule has 0 aliphatic carbocycles. The van der Waals surface area contributed by atoms with Gasteiger partial charge in [0.05, 0.1) is 7.11 Å². The van der Waals surface area contributed by atoms with Crippen LogP contribution in [-0.2, 0) is 0 Å². The SMILES string of the molecule is COc1cc(C(F)F)cnc1C=O. The fourth-order valence-corrected chi connectivity index (χ4v) is 0.842. The number of pyridine rings is 1. The highest BCUT2D eigenvalue weighted by Gasteiger charge is 2.11. The third-order valence-corrected chi connectivity index (χ3v) is 1.49. The first-order valence-electron chi connectivity index (χ1n) is 3.46. The lowest BCUT2D eigenvalue weighted by Crippen LogP contribution is -1.96. The molecule has 1 rings (SSSR count). The fourth-order valence-electron chi connectivity index (χ4n) is 0.842. The molecule has 0 saturated heterocycles. The largest absolute Gasteiger partial charge is 0.494 e. The lowest BCUT2D eigenvalue weighted by atomic mass is 10.2. The van der Waals surface area contributed by atoms with Gasteiger partial charge in [-0.15, -0.1) is 0 Å². The Balaban J connectivity index is 3.12. The van der Waals surface area contributed by atoms with Crippen molar-refractivity contribution in [1.29, 1.82) is 0 Å². The molecule has 0 radical (unpaired) electrons. The molecule has 1 aromatic rings. The first-order chi connectivity index (χ1) is 6.19. The number of rotatable bonds is 3. The first kappa shape index (κ1) is 9.57. The number of carbonyl (C=O) groups is 1. The first-order valence-corrected chi connectivity index (χ1v) is 3.46. The Hall–Kier alpha value is -1.52. The third kappa shape index (κ3) is 1.99. The minimum Gasteiger partial charge on any atom is -0.494 e. The van der Waals surface area contributed by atoms with Crippen LogP contribution in [0.1, 0.15) is 22.5 Å². The molecule has 0 atom stereocenters. The Morgan fingerprint density at radius 3 is 2.77 bits per heavy atom. The summed E-state index contributed by atoms with van der Waals surface area (Å²) in [6.07, 6.45) is -1.20. The zero-order chi connectivity index (χ0) is 9.84. The van der Waals surface area contributed by atoms with Crippen molar-refractivity contribution in [2.45, 2.75) is 6.43 Å². The summed E-state index contributed by atoms with van der Waals surface area (Å²) < 4.78 is 29.0. The van der Waals surface area contributed by atoms with Gasteiger partial charge in [-0.3, -0.25) is 4.79 Å². The van der Waals surface area contributed by atoms with Gasteiger partial charge in [0.15, 0.2) is 6.29 Å². The smallest absolute Gasteiger partial charge is 0.265 e. The van der Waals surface area contributed by atoms with E-state index in [4.69, 9.17) is 4.74 Å². The molecule has 0 N–H and O–H groups in total. The minimum absolute atomic E-state index is 0.0203. The van der Waals surface area contributed by atoms with Gasteiger partial charge in [0.25, 0.3) is 6.43 Å². The molecule has 70 valence electrons. The Morgan fingerprint density at radius 1 is 1.62 bits per heavy atom. The average Bonchev–Trinajstić information content (AvgIpc) is 2.16. The van der Waals surface area contributed by atoms with Crippen molar-refractivity contribution in [3.8, 4) is 5.75 Å². The number of nitrogens with zero attached hydrogens (tertiary/aromatic N) is 1. The second-order valence-corrected chi connectivity index (χ2v) is 2.27. The van der Waals surface area contributed by atoms with Crippen LogP contribution in [0.5, 0.6) is 5.75 Å². The summed E-state index contributed by atoms with van der Waals surface area (Å²) in [5.74, 6) is 0.0628. The molecule has 3 nitrogen and oxygen atoms in total. The van der Waals surface area contributed by atoms with E-state index in [1.165, 1.54) is 7.11 Å². The number of alkyl halides is 2. The van der Waals surface area contributed by atoms with Crippen LogP contribution in [0.15, 0.2) is 12.3 Å². The molecule has 5 heteroatoms. The van der Waals surface area contributed by atoms with E-state index in [0.29, 0.717) is 6.29 Å². The normalized spacial score (nSPS) is 10.2. The van der Waals surface area contributed by atoms with Crippen LogP contribution >= 0.6 is 0 Å². The Bertz CT molecular complexity index is 315. The van der Waals surface area contributed by atoms with Gasteiger partial charge in [0.2, 0.25) is 0 Å². The molecule has 0 unspecified atom stereocenters. The number of hydrogen-bond acceptors (Lipinski definition) is 3. The van der Waals surface area contributed by atoms with Crippen molar-refractivity contribution in [1.82, 2.24) is 4.98 Å². The van der Waals surface area contributed by atoms with Crippen molar-refractivity contribution >= 4 is 6.29 Å². The third-order valence-electron chi connectivity index (χ3n) is 1.49. The number of methoxy groups -OCH3 is 1. The van der Waals surface area contributed by atoms with Gasteiger partial charge in [-0.2, -0.15) is 0 Å². The van der Waals surface area contributed by atoms with E-state index < -0.39 is 6.43 Å². The molecule has 1 heterocycles. The summed E-state index contributed by atoms with van der Waals surface area (Å²) in [5, 5.41) is 0. The van der Waals surface area contributed by atoms with E-state index in [0.717, 1.165) is 12.3 Å². The van der Waals surface area contributed by atoms with E-state index in [-0.39, 0.29) is 17.0 Å². The molecule has 0 spiro atoms. The van der Waals surface area contributed by atoms with Gasteiger partial charge in [-0.1, -0.05) is 0 Å². The van der Waals surface area contributed by atoms with Crippen molar-refractivity contribution in [3.05, 3.63) is 23.5 Å². The minimum atomic E-state index is -2.61. The highest BCUT2D eigenvalue weighted by molar-refractivity contribution is 5.76. The highest BCUT2D eigenvalue weighted by Crippen LogP contribution is 2.23.